The van der Waals surface area contributed by atoms with Gasteiger partial charge in [-0.1, -0.05) is 6.92 Å². The summed E-state index contributed by atoms with van der Waals surface area (Å²) in [4.78, 5) is 0. The molecule has 1 nitrogen and oxygen atoms in total. The molecule has 0 spiro atoms. The Balaban J connectivity index is 0. The maximum atomic E-state index is 7.81. The van der Waals surface area contributed by atoms with E-state index < -0.39 is 0 Å². The summed E-state index contributed by atoms with van der Waals surface area (Å²) < 4.78 is 0. The molecule has 1 N–H and O–H groups in total. The quantitative estimate of drug-likeness (QED) is 0.623. The van der Waals surface area contributed by atoms with Crippen molar-refractivity contribution in [2.75, 3.05) is 6.61 Å². The van der Waals surface area contributed by atoms with Crippen molar-refractivity contribution in [3.05, 3.63) is 6.92 Å². The summed E-state index contributed by atoms with van der Waals surface area (Å²) in [5, 5.41) is 7.81. The molecule has 0 aromatic carbocycles. The third-order valence-corrected chi connectivity index (χ3v) is 0.158. The molecule has 0 rings (SSSR count). The van der Waals surface area contributed by atoms with E-state index in [4.69, 9.17) is 5.11 Å². The van der Waals surface area contributed by atoms with Gasteiger partial charge in [-0.15, -0.1) is 0 Å². The Kier molecular flexibility index (Phi) is 16.5. The Bertz CT molecular complexity index is 8.85. The molecule has 0 aliphatic heterocycles. The molecule has 0 atom stereocenters. The van der Waals surface area contributed by atoms with Crippen LogP contribution in [-0.2, 0) is 0 Å². The molecule has 0 saturated carbocycles. The summed E-state index contributed by atoms with van der Waals surface area (Å²) in [6.45, 7) is 3.56. The number of rotatable bonds is 1. The number of aliphatic hydroxyl groups excluding tert-OH is 1. The first kappa shape index (κ1) is 9.30. The predicted molar refractivity (Wildman–Crippen MR) is 25.6 cm³/mol. The van der Waals surface area contributed by atoms with Crippen molar-refractivity contribution in [2.24, 2.45) is 0 Å². The average Bonchev–Trinajstić information content (AvgIpc) is 1.37. The van der Waals surface area contributed by atoms with Gasteiger partial charge in [-0.25, -0.2) is 0 Å². The number of hydrogen-bond donors (Lipinski definition) is 1. The van der Waals surface area contributed by atoms with Crippen molar-refractivity contribution in [3.63, 3.8) is 0 Å². The second kappa shape index (κ2) is 8.86. The van der Waals surface area contributed by atoms with Gasteiger partial charge in [0.15, 0.2) is 0 Å². The summed E-state index contributed by atoms with van der Waals surface area (Å²) >= 11 is 0. The fourth-order valence-corrected chi connectivity index (χ4v) is 0. The summed E-state index contributed by atoms with van der Waals surface area (Å²) in [5.41, 5.74) is 0. The Labute approximate surface area is 52.5 Å². The second-order valence-corrected chi connectivity index (χ2v) is 0.577. The van der Waals surface area contributed by atoms with E-state index in [-0.39, 0.29) is 33.9 Å². The molecule has 0 fully saturated rings. The molecule has 0 aliphatic rings. The van der Waals surface area contributed by atoms with Gasteiger partial charge in [-0.05, 0) is 6.42 Å². The normalized spacial score (nSPS) is 6.00. The molecule has 0 bridgehead atoms. The van der Waals surface area contributed by atoms with Gasteiger partial charge >= 0.3 is 27.3 Å². The topological polar surface area (TPSA) is 20.2 Å². The van der Waals surface area contributed by atoms with Crippen LogP contribution in [0.1, 0.15) is 6.42 Å². The van der Waals surface area contributed by atoms with E-state index in [1.165, 1.54) is 0 Å². The van der Waals surface area contributed by atoms with E-state index in [9.17, 15) is 0 Å². The van der Waals surface area contributed by atoms with Crippen molar-refractivity contribution < 1.29 is 5.11 Å². The first-order chi connectivity index (χ1) is 1.91. The third-order valence-electron chi connectivity index (χ3n) is 0.158. The summed E-state index contributed by atoms with van der Waals surface area (Å²) in [6.07, 6.45) is 0.625. The van der Waals surface area contributed by atoms with Crippen molar-refractivity contribution in [1.82, 2.24) is 0 Å². The Morgan fingerprint density at radius 2 is 1.80 bits per heavy atom. The zero-order chi connectivity index (χ0) is 3.41. The molecular weight excluding hydrogens is 259 g/mol. The van der Waals surface area contributed by atoms with Crippen LogP contribution in [0.4, 0.5) is 0 Å². The van der Waals surface area contributed by atoms with Crippen molar-refractivity contribution >= 4 is 27.3 Å². The molecule has 0 unspecified atom stereocenters. The molecule has 2 heteroatoms. The Morgan fingerprint density at radius 3 is 1.80 bits per heavy atom. The third kappa shape index (κ3) is 11.4. The molecule has 31 valence electrons. The van der Waals surface area contributed by atoms with Gasteiger partial charge < -0.3 is 5.11 Å². The van der Waals surface area contributed by atoms with E-state index >= 15 is 0 Å². The minimum absolute atomic E-state index is 0. The van der Waals surface area contributed by atoms with Crippen LogP contribution >= 0.6 is 0 Å². The van der Waals surface area contributed by atoms with E-state index in [0.29, 0.717) is 6.42 Å². The second-order valence-electron chi connectivity index (χ2n) is 0.577. The van der Waals surface area contributed by atoms with Gasteiger partial charge in [-0.2, -0.15) is 0 Å². The molecule has 0 heterocycles. The van der Waals surface area contributed by atoms with E-state index in [2.05, 4.69) is 6.92 Å². The van der Waals surface area contributed by atoms with Crippen molar-refractivity contribution in [2.45, 2.75) is 6.42 Å². The van der Waals surface area contributed by atoms with Gasteiger partial charge in [0, 0.05) is 6.61 Å². The van der Waals surface area contributed by atoms with Crippen LogP contribution in [0, 0.1) is 6.92 Å². The fraction of sp³-hybridized carbons (Fsp3) is 0.667. The van der Waals surface area contributed by atoms with Crippen molar-refractivity contribution in [1.29, 1.82) is 0 Å². The van der Waals surface area contributed by atoms with Crippen LogP contribution in [0.2, 0.25) is 0 Å². The summed E-state index contributed by atoms with van der Waals surface area (Å²) in [5.74, 6) is 0. The Hall–Kier alpha value is 0.882. The number of aliphatic hydroxyl groups is 1. The van der Waals surface area contributed by atoms with Crippen LogP contribution in [0.5, 0.6) is 0 Å². The minimum atomic E-state index is 0. The molecule has 0 aliphatic carbocycles. The van der Waals surface area contributed by atoms with Crippen LogP contribution < -0.4 is 0 Å². The molecular formula is C3H9OPb. The van der Waals surface area contributed by atoms with E-state index in [1.54, 1.807) is 0 Å². The van der Waals surface area contributed by atoms with Gasteiger partial charge in [0.05, 0.1) is 0 Å². The first-order valence-electron chi connectivity index (χ1n) is 1.32. The molecule has 0 saturated heterocycles. The van der Waals surface area contributed by atoms with Crippen LogP contribution in [0.25, 0.3) is 0 Å². The van der Waals surface area contributed by atoms with Gasteiger partial charge in [-0.3, -0.25) is 0 Å². The first-order valence-corrected chi connectivity index (χ1v) is 1.32. The fourth-order valence-electron chi connectivity index (χ4n) is 0. The molecule has 0 aromatic heterocycles. The average molecular weight is 268 g/mol. The van der Waals surface area contributed by atoms with Gasteiger partial charge in [0.2, 0.25) is 0 Å². The summed E-state index contributed by atoms with van der Waals surface area (Å²) in [7, 11) is 0. The zero-order valence-corrected chi connectivity index (χ0v) is 8.77. The van der Waals surface area contributed by atoms with Gasteiger partial charge in [0.25, 0.3) is 0 Å². The van der Waals surface area contributed by atoms with Crippen LogP contribution in [0.15, 0.2) is 0 Å². The zero-order valence-electron chi connectivity index (χ0n) is 3.28. The van der Waals surface area contributed by atoms with Crippen LogP contribution in [-0.4, -0.2) is 39.0 Å². The SMILES string of the molecule is [CH2]CCO.[PbH2]. The van der Waals surface area contributed by atoms with E-state index in [0.717, 1.165) is 0 Å². The van der Waals surface area contributed by atoms with Crippen molar-refractivity contribution in [3.8, 4) is 0 Å². The van der Waals surface area contributed by atoms with E-state index in [1.807, 2.05) is 0 Å². The molecule has 0 amide bonds. The van der Waals surface area contributed by atoms with Gasteiger partial charge in [0.1, 0.15) is 0 Å². The molecule has 5 heavy (non-hydrogen) atoms. The summed E-state index contributed by atoms with van der Waals surface area (Å²) in [6, 6.07) is 0. The maximum absolute atomic E-state index is 7.81. The molecule has 3 radical (unpaired) electrons. The van der Waals surface area contributed by atoms with Crippen LogP contribution in [0.3, 0.4) is 0 Å². The monoisotopic (exact) mass is 269 g/mol. The molecule has 0 aromatic rings. The predicted octanol–water partition coefficient (Wildman–Crippen LogP) is -0.713. The standard InChI is InChI=1S/C3H7O.Pb.2H/c1-2-3-4;;;/h4H,1-3H2;;;. The Morgan fingerprint density at radius 1 is 1.60 bits per heavy atom. The number of hydrogen-bond acceptors (Lipinski definition) is 1.